The van der Waals surface area contributed by atoms with Gasteiger partial charge in [0.1, 0.15) is 0 Å². The van der Waals surface area contributed by atoms with Gasteiger partial charge in [0.15, 0.2) is 0 Å². The molecular weight excluding hydrogens is 272 g/mol. The molecule has 0 aromatic heterocycles. The fraction of sp³-hybridized carbons (Fsp3) is 0.0625. The Morgan fingerprint density at radius 2 is 1.80 bits per heavy atom. The number of carbonyl (C=O) groups is 2. The molecule has 3 nitrogen and oxygen atoms in total. The van der Waals surface area contributed by atoms with E-state index < -0.39 is 22.5 Å². The molecule has 2 aromatic rings. The van der Waals surface area contributed by atoms with E-state index in [4.69, 9.17) is 4.18 Å². The van der Waals surface area contributed by atoms with E-state index in [9.17, 15) is 9.59 Å². The normalized spacial score (nSPS) is 16.4. The maximum absolute atomic E-state index is 11.5. The fourth-order valence-electron chi connectivity index (χ4n) is 2.04. The Bertz CT molecular complexity index is 787. The minimum Gasteiger partial charge on any atom is -0.389 e. The molecule has 20 heavy (non-hydrogen) atoms. The van der Waals surface area contributed by atoms with Crippen molar-refractivity contribution < 1.29 is 13.8 Å². The fourth-order valence-corrected chi connectivity index (χ4v) is 3.44. The van der Waals surface area contributed by atoms with Gasteiger partial charge in [0.25, 0.3) is 0 Å². The van der Waals surface area contributed by atoms with Gasteiger partial charge in [-0.15, -0.1) is 0 Å². The number of rotatable bonds is 2. The molecule has 0 amide bonds. The molecule has 100 valence electrons. The molecule has 0 aliphatic carbocycles. The molecule has 0 N–H and O–H groups in total. The van der Waals surface area contributed by atoms with Crippen LogP contribution < -0.4 is 0 Å². The maximum atomic E-state index is 11.5. The number of Topliss-reactive ketones (excluding diaryl/α,β-unsaturated/α-hetero) is 1. The van der Waals surface area contributed by atoms with Crippen molar-refractivity contribution in [2.24, 2.45) is 0 Å². The van der Waals surface area contributed by atoms with E-state index in [0.29, 0.717) is 0 Å². The van der Waals surface area contributed by atoms with E-state index >= 15 is 0 Å². The van der Waals surface area contributed by atoms with Crippen molar-refractivity contribution in [1.82, 2.24) is 0 Å². The first-order valence-corrected chi connectivity index (χ1v) is 7.37. The Balaban J connectivity index is 2.08. The Morgan fingerprint density at radius 3 is 2.50 bits per heavy atom. The summed E-state index contributed by atoms with van der Waals surface area (Å²) >= 11 is 0. The summed E-state index contributed by atoms with van der Waals surface area (Å²) in [5.41, 5.74) is 1.02. The number of hydrogen-bond donors (Lipinski definition) is 0. The molecule has 3 rings (SSSR count). The second-order valence-electron chi connectivity index (χ2n) is 4.46. The smallest absolute Gasteiger partial charge is 0.386 e. The lowest BCUT2D eigenvalue weighted by atomic mass is 10.1. The van der Waals surface area contributed by atoms with Crippen molar-refractivity contribution in [3.8, 4) is 0 Å². The lowest BCUT2D eigenvalue weighted by Gasteiger charge is -2.15. The maximum Gasteiger partial charge on any atom is 0.386 e. The van der Waals surface area contributed by atoms with Crippen molar-refractivity contribution in [3.05, 3.63) is 48.0 Å². The van der Waals surface area contributed by atoms with E-state index in [0.717, 1.165) is 21.2 Å². The van der Waals surface area contributed by atoms with Crippen LogP contribution in [0, 0.1) is 0 Å². The van der Waals surface area contributed by atoms with Gasteiger partial charge in [-0.25, -0.2) is 4.79 Å². The van der Waals surface area contributed by atoms with E-state index in [-0.39, 0.29) is 0 Å². The zero-order valence-corrected chi connectivity index (χ0v) is 11.6. The number of carbonyl (C=O) groups excluding carboxylic acids is 2. The quantitative estimate of drug-likeness (QED) is 0.627. The molecule has 1 aliphatic rings. The summed E-state index contributed by atoms with van der Waals surface area (Å²) in [6.07, 6.45) is 3.83. The van der Waals surface area contributed by atoms with Gasteiger partial charge in [-0.05, 0) is 28.5 Å². The Hall–Kier alpha value is -2.20. The van der Waals surface area contributed by atoms with Crippen LogP contribution in [-0.2, 0) is 13.8 Å². The van der Waals surface area contributed by atoms with Gasteiger partial charge in [-0.1, -0.05) is 36.4 Å². The van der Waals surface area contributed by atoms with Crippen molar-refractivity contribution in [2.75, 3.05) is 0 Å². The topological polar surface area (TPSA) is 43.4 Å². The van der Waals surface area contributed by atoms with Gasteiger partial charge in [0.05, 0.1) is 0 Å². The van der Waals surface area contributed by atoms with Gasteiger partial charge in [0.2, 0.25) is 5.78 Å². The molecule has 0 bridgehead atoms. The van der Waals surface area contributed by atoms with E-state index in [1.54, 1.807) is 5.37 Å². The molecule has 0 spiro atoms. The molecule has 1 heterocycles. The average Bonchev–Trinajstić information content (AvgIpc) is 2.45. The van der Waals surface area contributed by atoms with Crippen LogP contribution in [0.4, 0.5) is 0 Å². The van der Waals surface area contributed by atoms with E-state index in [1.165, 1.54) is 6.92 Å². The molecule has 0 saturated carbocycles. The number of ketones is 1. The van der Waals surface area contributed by atoms with Crippen LogP contribution in [0.25, 0.3) is 16.8 Å². The van der Waals surface area contributed by atoms with Crippen molar-refractivity contribution in [1.29, 1.82) is 0 Å². The Morgan fingerprint density at radius 1 is 1.10 bits per heavy atom. The minimum absolute atomic E-state index is 0.581. The lowest BCUT2D eigenvalue weighted by Crippen LogP contribution is -2.11. The molecule has 1 unspecified atom stereocenters. The number of benzene rings is 2. The van der Waals surface area contributed by atoms with Crippen LogP contribution in [0.15, 0.2) is 47.4 Å². The van der Waals surface area contributed by atoms with Gasteiger partial charge in [0, 0.05) is 28.0 Å². The summed E-state index contributed by atoms with van der Waals surface area (Å²) in [6.45, 7) is 1.22. The highest BCUT2D eigenvalue weighted by molar-refractivity contribution is 8.11. The molecule has 4 heteroatoms. The molecule has 0 fully saturated rings. The SMILES string of the molecule is CC(=O)C(=O)OS1=CC=Cc2cc3ccccc3cc21. The van der Waals surface area contributed by atoms with Crippen molar-refractivity contribution in [3.63, 3.8) is 0 Å². The minimum atomic E-state index is -0.808. The predicted octanol–water partition coefficient (Wildman–Crippen LogP) is 3.34. The van der Waals surface area contributed by atoms with Gasteiger partial charge >= 0.3 is 5.97 Å². The van der Waals surface area contributed by atoms with Gasteiger partial charge < -0.3 is 4.18 Å². The largest absolute Gasteiger partial charge is 0.389 e. The first-order valence-electron chi connectivity index (χ1n) is 6.16. The molecular formula is C16H12O3S. The predicted molar refractivity (Wildman–Crippen MR) is 81.7 cm³/mol. The van der Waals surface area contributed by atoms with Crippen LogP contribution in [0.2, 0.25) is 0 Å². The van der Waals surface area contributed by atoms with Crippen LogP contribution in [0.3, 0.4) is 0 Å². The summed E-state index contributed by atoms with van der Waals surface area (Å²) < 4.78 is 5.26. The third-order valence-corrected chi connectivity index (χ3v) is 4.55. The van der Waals surface area contributed by atoms with E-state index in [1.807, 2.05) is 42.5 Å². The highest BCUT2D eigenvalue weighted by Gasteiger charge is 2.16. The summed E-state index contributed by atoms with van der Waals surface area (Å²) in [5.74, 6) is -1.37. The van der Waals surface area contributed by atoms with E-state index in [2.05, 4.69) is 6.07 Å². The zero-order chi connectivity index (χ0) is 14.1. The van der Waals surface area contributed by atoms with Crippen LogP contribution in [0.1, 0.15) is 12.5 Å². The van der Waals surface area contributed by atoms with Crippen molar-refractivity contribution in [2.45, 2.75) is 11.8 Å². The molecule has 1 atom stereocenters. The monoisotopic (exact) mass is 284 g/mol. The Kier molecular flexibility index (Phi) is 3.24. The van der Waals surface area contributed by atoms with Gasteiger partial charge in [-0.3, -0.25) is 4.79 Å². The second-order valence-corrected chi connectivity index (χ2v) is 5.93. The number of hydrogen-bond acceptors (Lipinski definition) is 3. The third-order valence-electron chi connectivity index (χ3n) is 3.03. The molecule has 2 aromatic carbocycles. The zero-order valence-electron chi connectivity index (χ0n) is 10.8. The Labute approximate surface area is 119 Å². The molecule has 0 saturated heterocycles. The van der Waals surface area contributed by atoms with Gasteiger partial charge in [-0.2, -0.15) is 0 Å². The molecule has 0 radical (unpaired) electrons. The summed E-state index contributed by atoms with van der Waals surface area (Å²) in [4.78, 5) is 23.4. The summed E-state index contributed by atoms with van der Waals surface area (Å²) in [6, 6.07) is 12.1. The third kappa shape index (κ3) is 2.30. The summed E-state index contributed by atoms with van der Waals surface area (Å²) in [5, 5.41) is 4.03. The number of fused-ring (bicyclic) bond motifs is 2. The summed E-state index contributed by atoms with van der Waals surface area (Å²) in [7, 11) is -0.808. The number of allylic oxidation sites excluding steroid dienone is 1. The second kappa shape index (κ2) is 5.06. The standard InChI is InChI=1S/C16H12O3S/c1-11(17)16(18)19-20-8-4-7-14-9-12-5-2-3-6-13(12)10-15(14)20/h2-10H,1H3. The highest BCUT2D eigenvalue weighted by atomic mass is 32.2. The molecule has 1 aliphatic heterocycles. The average molecular weight is 284 g/mol. The first kappa shape index (κ1) is 12.8. The lowest BCUT2D eigenvalue weighted by molar-refractivity contribution is -0.145. The van der Waals surface area contributed by atoms with Crippen LogP contribution in [0.5, 0.6) is 0 Å². The van der Waals surface area contributed by atoms with Crippen molar-refractivity contribution >= 4 is 44.7 Å². The van der Waals surface area contributed by atoms with Crippen LogP contribution >= 0.6 is 10.8 Å². The highest BCUT2D eigenvalue weighted by Crippen LogP contribution is 2.37. The first-order chi connectivity index (χ1) is 9.65. The van der Waals surface area contributed by atoms with Crippen LogP contribution in [-0.4, -0.2) is 17.1 Å².